The van der Waals surface area contributed by atoms with E-state index in [0.717, 1.165) is 17.7 Å². The molecule has 0 radical (unpaired) electrons. The minimum Gasteiger partial charge on any atom is -0.313 e. The number of likely N-dealkylation sites (N-methyl/N-ethyl adjacent to an activating group) is 1. The zero-order valence-corrected chi connectivity index (χ0v) is 10.2. The van der Waals surface area contributed by atoms with Crippen LogP contribution in [-0.4, -0.2) is 24.7 Å². The van der Waals surface area contributed by atoms with Crippen molar-refractivity contribution < 1.29 is 13.2 Å². The Morgan fingerprint density at radius 1 is 1.12 bits per heavy atom. The summed E-state index contributed by atoms with van der Waals surface area (Å²) in [5.74, 6) is 0. The van der Waals surface area contributed by atoms with Crippen molar-refractivity contribution in [3.63, 3.8) is 0 Å². The third kappa shape index (κ3) is 3.71. The Bertz CT molecular complexity index is 366. The van der Waals surface area contributed by atoms with Gasteiger partial charge in [0, 0.05) is 6.42 Å². The number of halogens is 3. The van der Waals surface area contributed by atoms with Crippen molar-refractivity contribution in [1.29, 1.82) is 0 Å². The molecule has 0 fully saturated rings. The van der Waals surface area contributed by atoms with Crippen molar-refractivity contribution in [2.45, 2.75) is 25.2 Å². The minimum absolute atomic E-state index is 0.498. The Balaban J connectivity index is 2.83. The average molecular weight is 246 g/mol. The maximum absolute atomic E-state index is 12.4. The monoisotopic (exact) mass is 246 g/mol. The molecule has 0 aliphatic carbocycles. The summed E-state index contributed by atoms with van der Waals surface area (Å²) in [7, 11) is 3.67. The summed E-state index contributed by atoms with van der Waals surface area (Å²) in [6, 6.07) is 5.11. The highest BCUT2D eigenvalue weighted by molar-refractivity contribution is 5.25. The van der Waals surface area contributed by atoms with Crippen molar-refractivity contribution in [3.05, 3.63) is 35.4 Å². The number of rotatable bonds is 3. The van der Waals surface area contributed by atoms with Gasteiger partial charge in [0.2, 0.25) is 0 Å². The molecule has 1 aromatic carbocycles. The summed E-state index contributed by atoms with van der Waals surface area (Å²) >= 11 is 0. The molecule has 0 aliphatic rings. The summed E-state index contributed by atoms with van der Waals surface area (Å²) in [6.45, 7) is 1.84. The van der Waals surface area contributed by atoms with E-state index in [1.807, 2.05) is 25.9 Å². The van der Waals surface area contributed by atoms with Crippen LogP contribution in [0.4, 0.5) is 13.2 Å². The quantitative estimate of drug-likeness (QED) is 0.830. The Hall–Kier alpha value is -1.07. The first kappa shape index (κ1) is 14.0. The van der Waals surface area contributed by atoms with Gasteiger partial charge in [0.15, 0.2) is 0 Å². The van der Waals surface area contributed by atoms with E-state index in [9.17, 15) is 13.2 Å². The molecule has 1 atom stereocenters. The lowest BCUT2D eigenvalue weighted by molar-refractivity contribution is -0.137. The molecule has 17 heavy (non-hydrogen) atoms. The molecular formula is C12H17F3N2. The van der Waals surface area contributed by atoms with Crippen LogP contribution in [0.25, 0.3) is 0 Å². The highest BCUT2D eigenvalue weighted by atomic mass is 19.4. The molecule has 2 nitrogen and oxygen atoms in total. The van der Waals surface area contributed by atoms with Gasteiger partial charge >= 0.3 is 6.18 Å². The first-order valence-electron chi connectivity index (χ1n) is 5.25. The molecule has 0 amide bonds. The van der Waals surface area contributed by atoms with Crippen LogP contribution in [0.2, 0.25) is 0 Å². The summed E-state index contributed by atoms with van der Waals surface area (Å²) in [6.07, 6.45) is -3.79. The van der Waals surface area contributed by atoms with Crippen LogP contribution < -0.4 is 5.73 Å². The molecule has 96 valence electrons. The number of benzene rings is 1. The van der Waals surface area contributed by atoms with E-state index in [2.05, 4.69) is 0 Å². The van der Waals surface area contributed by atoms with Crippen molar-refractivity contribution in [3.8, 4) is 0 Å². The number of nitrogens with two attached hydrogens (primary N) is 1. The zero-order valence-electron chi connectivity index (χ0n) is 10.2. The fraction of sp³-hybridized carbons (Fsp3) is 0.500. The number of hydrogen-bond acceptors (Lipinski definition) is 2. The van der Waals surface area contributed by atoms with Crippen LogP contribution in [0.15, 0.2) is 24.3 Å². The average Bonchev–Trinajstić information content (AvgIpc) is 2.16. The molecule has 0 aromatic heterocycles. The van der Waals surface area contributed by atoms with Gasteiger partial charge in [0.1, 0.15) is 0 Å². The van der Waals surface area contributed by atoms with Crippen LogP contribution in [-0.2, 0) is 12.6 Å². The molecule has 5 heteroatoms. The smallest absolute Gasteiger partial charge is 0.313 e. The first-order valence-corrected chi connectivity index (χ1v) is 5.25. The van der Waals surface area contributed by atoms with Crippen LogP contribution in [0, 0.1) is 0 Å². The highest BCUT2D eigenvalue weighted by Gasteiger charge is 2.30. The van der Waals surface area contributed by atoms with Gasteiger partial charge in [-0.3, -0.25) is 4.90 Å². The maximum atomic E-state index is 12.4. The molecule has 0 saturated heterocycles. The highest BCUT2D eigenvalue weighted by Crippen LogP contribution is 2.29. The Labute approximate surface area is 99.2 Å². The molecule has 0 heterocycles. The molecule has 1 unspecified atom stereocenters. The fourth-order valence-corrected chi connectivity index (χ4v) is 1.38. The van der Waals surface area contributed by atoms with Crippen molar-refractivity contribution in [2.75, 3.05) is 14.1 Å². The van der Waals surface area contributed by atoms with Crippen LogP contribution in [0.1, 0.15) is 18.1 Å². The molecule has 0 spiro atoms. The van der Waals surface area contributed by atoms with Gasteiger partial charge < -0.3 is 5.73 Å². The maximum Gasteiger partial charge on any atom is 0.416 e. The SMILES string of the molecule is CN(C)C(C)(N)Cc1ccc(C(F)(F)F)cc1. The van der Waals surface area contributed by atoms with Crippen LogP contribution >= 0.6 is 0 Å². The standard InChI is InChI=1S/C12H17F3N2/c1-11(16,17(2)3)8-9-4-6-10(7-5-9)12(13,14)15/h4-7H,8,16H2,1-3H3. The summed E-state index contributed by atoms with van der Waals surface area (Å²) in [5.41, 5.74) is 5.60. The zero-order chi connectivity index (χ0) is 13.3. The molecular weight excluding hydrogens is 229 g/mol. The summed E-state index contributed by atoms with van der Waals surface area (Å²) in [4.78, 5) is 1.84. The van der Waals surface area contributed by atoms with Gasteiger partial charge in [-0.15, -0.1) is 0 Å². The largest absolute Gasteiger partial charge is 0.416 e. The topological polar surface area (TPSA) is 29.3 Å². The second-order valence-corrected chi connectivity index (χ2v) is 4.62. The van der Waals surface area contributed by atoms with Crippen molar-refractivity contribution >= 4 is 0 Å². The lowest BCUT2D eigenvalue weighted by Gasteiger charge is -2.32. The van der Waals surface area contributed by atoms with Crippen molar-refractivity contribution in [2.24, 2.45) is 5.73 Å². The molecule has 1 rings (SSSR count). The van der Waals surface area contributed by atoms with Gasteiger partial charge in [-0.2, -0.15) is 13.2 Å². The lowest BCUT2D eigenvalue weighted by atomic mass is 10.00. The van der Waals surface area contributed by atoms with E-state index in [4.69, 9.17) is 5.73 Å². The van der Waals surface area contributed by atoms with Gasteiger partial charge in [0.25, 0.3) is 0 Å². The Morgan fingerprint density at radius 3 is 1.94 bits per heavy atom. The van der Waals surface area contributed by atoms with Gasteiger partial charge in [0.05, 0.1) is 11.2 Å². The first-order chi connectivity index (χ1) is 7.63. The van der Waals surface area contributed by atoms with E-state index in [1.165, 1.54) is 12.1 Å². The second-order valence-electron chi connectivity index (χ2n) is 4.62. The molecule has 0 bridgehead atoms. The van der Waals surface area contributed by atoms with E-state index >= 15 is 0 Å². The van der Waals surface area contributed by atoms with E-state index in [0.29, 0.717) is 6.42 Å². The molecule has 2 N–H and O–H groups in total. The number of alkyl halides is 3. The Kier molecular flexibility index (Phi) is 3.84. The third-order valence-electron chi connectivity index (χ3n) is 2.86. The normalized spacial score (nSPS) is 16.0. The Morgan fingerprint density at radius 2 is 1.59 bits per heavy atom. The van der Waals surface area contributed by atoms with Gasteiger partial charge in [-0.05, 0) is 38.7 Å². The summed E-state index contributed by atoms with van der Waals surface area (Å²) < 4.78 is 37.1. The fourth-order valence-electron chi connectivity index (χ4n) is 1.38. The van der Waals surface area contributed by atoms with E-state index in [1.54, 1.807) is 0 Å². The predicted molar refractivity (Wildman–Crippen MR) is 61.4 cm³/mol. The number of hydrogen-bond donors (Lipinski definition) is 1. The lowest BCUT2D eigenvalue weighted by Crippen LogP contribution is -2.51. The molecule has 0 aliphatic heterocycles. The third-order valence-corrected chi connectivity index (χ3v) is 2.86. The summed E-state index contributed by atoms with van der Waals surface area (Å²) in [5, 5.41) is 0. The van der Waals surface area contributed by atoms with E-state index < -0.39 is 17.4 Å². The van der Waals surface area contributed by atoms with Gasteiger partial charge in [-0.25, -0.2) is 0 Å². The number of nitrogens with zero attached hydrogens (tertiary/aromatic N) is 1. The van der Waals surface area contributed by atoms with Crippen molar-refractivity contribution in [1.82, 2.24) is 4.90 Å². The van der Waals surface area contributed by atoms with E-state index in [-0.39, 0.29) is 0 Å². The van der Waals surface area contributed by atoms with Crippen LogP contribution in [0.5, 0.6) is 0 Å². The van der Waals surface area contributed by atoms with Gasteiger partial charge in [-0.1, -0.05) is 12.1 Å². The molecule has 0 saturated carbocycles. The minimum atomic E-state index is -4.29. The second kappa shape index (κ2) is 4.66. The molecule has 1 aromatic rings. The van der Waals surface area contributed by atoms with Crippen LogP contribution in [0.3, 0.4) is 0 Å². The predicted octanol–water partition coefficient (Wildman–Crippen LogP) is 2.48.